The molecule has 0 bridgehead atoms. The van der Waals surface area contributed by atoms with Crippen LogP contribution in [-0.4, -0.2) is 67.8 Å². The number of halogens is 3. The molecule has 0 atom stereocenters. The fourth-order valence-corrected chi connectivity index (χ4v) is 4.21. The molecule has 8 heteroatoms. The molecule has 1 fully saturated rings. The van der Waals surface area contributed by atoms with Gasteiger partial charge < -0.3 is 9.64 Å². The van der Waals surface area contributed by atoms with Crippen LogP contribution in [-0.2, 0) is 4.74 Å². The molecule has 1 aliphatic heterocycles. The predicted octanol–water partition coefficient (Wildman–Crippen LogP) is 4.45. The van der Waals surface area contributed by atoms with Gasteiger partial charge in [0.05, 0.1) is 4.88 Å². The van der Waals surface area contributed by atoms with Crippen LogP contribution >= 0.6 is 11.3 Å². The summed E-state index contributed by atoms with van der Waals surface area (Å²) in [6.07, 6.45) is -3.72. The first-order chi connectivity index (χ1) is 13.8. The molecule has 0 N–H and O–H groups in total. The van der Waals surface area contributed by atoms with E-state index < -0.39 is 12.8 Å². The Labute approximate surface area is 172 Å². The smallest absolute Gasteiger partial charge is 0.372 e. The highest BCUT2D eigenvalue weighted by Gasteiger charge is 2.27. The van der Waals surface area contributed by atoms with E-state index in [1.807, 2.05) is 47.5 Å². The lowest BCUT2D eigenvalue weighted by molar-refractivity contribution is -0.174. The molecule has 2 heterocycles. The average molecular weight is 427 g/mol. The minimum Gasteiger partial charge on any atom is -0.372 e. The summed E-state index contributed by atoms with van der Waals surface area (Å²) in [6, 6.07) is 10.1. The number of hydrogen-bond acceptors (Lipinski definition) is 4. The number of amides is 1. The third-order valence-electron chi connectivity index (χ3n) is 4.91. The van der Waals surface area contributed by atoms with Crippen LogP contribution in [0.1, 0.15) is 21.7 Å². The molecule has 0 spiro atoms. The molecule has 1 saturated heterocycles. The van der Waals surface area contributed by atoms with Gasteiger partial charge in [-0.05, 0) is 30.4 Å². The third kappa shape index (κ3) is 6.29. The van der Waals surface area contributed by atoms with E-state index in [0.29, 0.717) is 26.1 Å². The standard InChI is InChI=1S/C21H25F3N2O2S/c1-16-3-5-17(6-4-16)18-7-14-29-19(18)20(27)26-11-9-25(10-12-26)8-2-13-28-15-21(22,23)24/h3-7,14H,2,8-13,15H2,1H3. The van der Waals surface area contributed by atoms with Crippen LogP contribution in [0.2, 0.25) is 0 Å². The van der Waals surface area contributed by atoms with E-state index in [4.69, 9.17) is 0 Å². The zero-order valence-corrected chi connectivity index (χ0v) is 17.2. The predicted molar refractivity (Wildman–Crippen MR) is 108 cm³/mol. The van der Waals surface area contributed by atoms with Crippen LogP contribution in [0.25, 0.3) is 11.1 Å². The molecule has 2 aromatic rings. The second-order valence-electron chi connectivity index (χ2n) is 7.18. The number of piperazine rings is 1. The lowest BCUT2D eigenvalue weighted by atomic mass is 10.0. The average Bonchev–Trinajstić information content (AvgIpc) is 3.17. The van der Waals surface area contributed by atoms with E-state index in [2.05, 4.69) is 9.64 Å². The Morgan fingerprint density at radius 3 is 2.45 bits per heavy atom. The Morgan fingerprint density at radius 2 is 1.79 bits per heavy atom. The number of thiophene rings is 1. The molecular formula is C21H25F3N2O2S. The fraction of sp³-hybridized carbons (Fsp3) is 0.476. The minimum atomic E-state index is -4.27. The first kappa shape index (κ1) is 21.8. The number of ether oxygens (including phenoxy) is 1. The van der Waals surface area contributed by atoms with Crippen LogP contribution in [0, 0.1) is 6.92 Å². The van der Waals surface area contributed by atoms with Crippen LogP contribution in [0.15, 0.2) is 35.7 Å². The fourth-order valence-electron chi connectivity index (χ4n) is 3.33. The summed E-state index contributed by atoms with van der Waals surface area (Å²) in [5, 5.41) is 1.94. The molecule has 3 rings (SSSR count). The number of hydrogen-bond donors (Lipinski definition) is 0. The topological polar surface area (TPSA) is 32.8 Å². The minimum absolute atomic E-state index is 0.0451. The molecule has 0 radical (unpaired) electrons. The van der Waals surface area contributed by atoms with Crippen LogP contribution in [0.3, 0.4) is 0 Å². The van der Waals surface area contributed by atoms with Crippen molar-refractivity contribution in [2.24, 2.45) is 0 Å². The van der Waals surface area contributed by atoms with Gasteiger partial charge in [0, 0.05) is 44.9 Å². The van der Waals surface area contributed by atoms with Crippen molar-refractivity contribution in [2.75, 3.05) is 45.9 Å². The maximum atomic E-state index is 13.0. The summed E-state index contributed by atoms with van der Waals surface area (Å²) in [6.45, 7) is 4.28. The number of carbonyl (C=O) groups excluding carboxylic acids is 1. The van der Waals surface area contributed by atoms with Crippen molar-refractivity contribution in [2.45, 2.75) is 19.5 Å². The molecule has 0 saturated carbocycles. The van der Waals surface area contributed by atoms with Crippen molar-refractivity contribution >= 4 is 17.2 Å². The lowest BCUT2D eigenvalue weighted by Gasteiger charge is -2.34. The van der Waals surface area contributed by atoms with Gasteiger partial charge in [0.2, 0.25) is 0 Å². The van der Waals surface area contributed by atoms with Crippen LogP contribution in [0.4, 0.5) is 13.2 Å². The van der Waals surface area contributed by atoms with E-state index >= 15 is 0 Å². The van der Waals surface area contributed by atoms with Crippen molar-refractivity contribution in [3.05, 3.63) is 46.2 Å². The zero-order chi connectivity index (χ0) is 20.9. The van der Waals surface area contributed by atoms with Crippen molar-refractivity contribution in [3.63, 3.8) is 0 Å². The molecule has 4 nitrogen and oxygen atoms in total. The molecule has 0 aliphatic carbocycles. The van der Waals surface area contributed by atoms with E-state index in [1.54, 1.807) is 0 Å². The molecule has 1 aliphatic rings. The number of alkyl halides is 3. The summed E-state index contributed by atoms with van der Waals surface area (Å²) in [4.78, 5) is 17.8. The maximum Gasteiger partial charge on any atom is 0.411 e. The highest BCUT2D eigenvalue weighted by atomic mass is 32.1. The quantitative estimate of drug-likeness (QED) is 0.614. The normalized spacial score (nSPS) is 15.7. The summed E-state index contributed by atoms with van der Waals surface area (Å²) in [5.74, 6) is 0.0451. The first-order valence-corrected chi connectivity index (χ1v) is 10.5. The molecule has 1 aromatic carbocycles. The summed E-state index contributed by atoms with van der Waals surface area (Å²) < 4.78 is 40.8. The highest BCUT2D eigenvalue weighted by Crippen LogP contribution is 2.30. The van der Waals surface area contributed by atoms with Gasteiger partial charge in [0.25, 0.3) is 5.91 Å². The van der Waals surface area contributed by atoms with Gasteiger partial charge >= 0.3 is 6.18 Å². The van der Waals surface area contributed by atoms with Crippen LogP contribution in [0.5, 0.6) is 0 Å². The Balaban J connectivity index is 1.47. The number of aryl methyl sites for hydroxylation is 1. The Kier molecular flexibility index (Phi) is 7.32. The lowest BCUT2D eigenvalue weighted by Crippen LogP contribution is -2.48. The van der Waals surface area contributed by atoms with Crippen molar-refractivity contribution in [1.82, 2.24) is 9.80 Å². The van der Waals surface area contributed by atoms with E-state index in [-0.39, 0.29) is 12.5 Å². The second kappa shape index (κ2) is 9.73. The molecule has 29 heavy (non-hydrogen) atoms. The number of rotatable bonds is 7. The Hall–Kier alpha value is -1.90. The highest BCUT2D eigenvalue weighted by molar-refractivity contribution is 7.12. The third-order valence-corrected chi connectivity index (χ3v) is 5.81. The van der Waals surface area contributed by atoms with Crippen molar-refractivity contribution in [3.8, 4) is 11.1 Å². The van der Waals surface area contributed by atoms with Gasteiger partial charge in [0.1, 0.15) is 6.61 Å². The van der Waals surface area contributed by atoms with Gasteiger partial charge in [-0.3, -0.25) is 9.69 Å². The Bertz CT molecular complexity index is 797. The van der Waals surface area contributed by atoms with Gasteiger partial charge in [-0.25, -0.2) is 0 Å². The van der Waals surface area contributed by atoms with Crippen LogP contribution < -0.4 is 0 Å². The van der Waals surface area contributed by atoms with E-state index in [1.165, 1.54) is 16.9 Å². The monoisotopic (exact) mass is 426 g/mol. The van der Waals surface area contributed by atoms with E-state index in [9.17, 15) is 18.0 Å². The van der Waals surface area contributed by atoms with E-state index in [0.717, 1.165) is 29.1 Å². The molecule has 1 aromatic heterocycles. The molecule has 158 valence electrons. The SMILES string of the molecule is Cc1ccc(-c2ccsc2C(=O)N2CCN(CCCOCC(F)(F)F)CC2)cc1. The largest absolute Gasteiger partial charge is 0.411 e. The van der Waals surface area contributed by atoms with Gasteiger partial charge in [-0.1, -0.05) is 29.8 Å². The molecule has 1 amide bonds. The van der Waals surface area contributed by atoms with Crippen molar-refractivity contribution in [1.29, 1.82) is 0 Å². The van der Waals surface area contributed by atoms with Gasteiger partial charge in [-0.2, -0.15) is 13.2 Å². The number of benzene rings is 1. The summed E-state index contributed by atoms with van der Waals surface area (Å²) in [7, 11) is 0. The zero-order valence-electron chi connectivity index (χ0n) is 16.4. The number of carbonyl (C=O) groups is 1. The summed E-state index contributed by atoms with van der Waals surface area (Å²) in [5.41, 5.74) is 3.18. The Morgan fingerprint density at radius 1 is 1.10 bits per heavy atom. The van der Waals surface area contributed by atoms with Crippen molar-refractivity contribution < 1.29 is 22.7 Å². The summed E-state index contributed by atoms with van der Waals surface area (Å²) >= 11 is 1.46. The molecular weight excluding hydrogens is 401 g/mol. The van der Waals surface area contributed by atoms with Gasteiger partial charge in [0.15, 0.2) is 0 Å². The second-order valence-corrected chi connectivity index (χ2v) is 8.10. The first-order valence-electron chi connectivity index (χ1n) is 9.64. The van der Waals surface area contributed by atoms with Gasteiger partial charge in [-0.15, -0.1) is 11.3 Å². The molecule has 0 unspecified atom stereocenters. The maximum absolute atomic E-state index is 13.0. The number of nitrogens with zero attached hydrogens (tertiary/aromatic N) is 2.